The fourth-order valence-electron chi connectivity index (χ4n) is 3.33. The van der Waals surface area contributed by atoms with Crippen LogP contribution in [0.3, 0.4) is 0 Å². The van der Waals surface area contributed by atoms with E-state index in [0.717, 1.165) is 0 Å². The number of hydrogen-bond acceptors (Lipinski definition) is 0. The number of aromatic nitrogens is 1. The van der Waals surface area contributed by atoms with Gasteiger partial charge in [0.05, 0.1) is 5.52 Å². The van der Waals surface area contributed by atoms with E-state index in [9.17, 15) is 0 Å². The van der Waals surface area contributed by atoms with Crippen molar-refractivity contribution >= 4 is 21.7 Å². The Morgan fingerprint density at radius 1 is 0.792 bits per heavy atom. The average Bonchev–Trinajstić information content (AvgIpc) is 3.02. The Morgan fingerprint density at radius 2 is 1.46 bits per heavy atom. The minimum absolute atomic E-state index is 0.106. The molecule has 1 nitrogen and oxygen atoms in total. The number of para-hydroxylation sites is 1. The van der Waals surface area contributed by atoms with Crippen molar-refractivity contribution in [2.24, 2.45) is 0 Å². The Morgan fingerprint density at radius 3 is 2.21 bits per heavy atom. The second-order valence-corrected chi connectivity index (χ2v) is 6.88. The minimum atomic E-state index is -0.106. The van der Waals surface area contributed by atoms with Gasteiger partial charge in [-0.25, -0.2) is 0 Å². The molecule has 0 aliphatic carbocycles. The smallest absolute Gasteiger partial charge is 0.0531 e. The lowest BCUT2D eigenvalue weighted by Gasteiger charge is -2.23. The predicted octanol–water partition coefficient (Wildman–Crippen LogP) is 6.25. The standard InChI is InChI=1S/C23H21N/c1-4-23(2,3)22-16-19-11-7-8-12-21(19)24(22)20-14-13-17-9-5-6-10-18(17)15-20/h4-16H,1H2,2-3H3. The van der Waals surface area contributed by atoms with Crippen LogP contribution in [-0.2, 0) is 5.41 Å². The van der Waals surface area contributed by atoms with Gasteiger partial charge in [0.1, 0.15) is 0 Å². The van der Waals surface area contributed by atoms with Gasteiger partial charge in [-0.3, -0.25) is 0 Å². The van der Waals surface area contributed by atoms with Gasteiger partial charge in [0, 0.05) is 22.2 Å². The summed E-state index contributed by atoms with van der Waals surface area (Å²) in [6.07, 6.45) is 2.03. The highest BCUT2D eigenvalue weighted by atomic mass is 15.0. The molecule has 1 heteroatoms. The van der Waals surface area contributed by atoms with Crippen LogP contribution in [0.15, 0.2) is 85.5 Å². The van der Waals surface area contributed by atoms with Crippen LogP contribution in [0, 0.1) is 0 Å². The normalized spacial score (nSPS) is 11.9. The van der Waals surface area contributed by atoms with Crippen LogP contribution in [0.5, 0.6) is 0 Å². The molecule has 4 aromatic rings. The zero-order valence-electron chi connectivity index (χ0n) is 14.2. The molecule has 0 unspecified atom stereocenters. The van der Waals surface area contributed by atoms with Crippen LogP contribution in [0.2, 0.25) is 0 Å². The molecule has 0 aliphatic rings. The van der Waals surface area contributed by atoms with Crippen LogP contribution in [0.25, 0.3) is 27.4 Å². The molecule has 0 amide bonds. The van der Waals surface area contributed by atoms with Gasteiger partial charge in [0.15, 0.2) is 0 Å². The molecule has 1 heterocycles. The van der Waals surface area contributed by atoms with Crippen molar-refractivity contribution in [1.29, 1.82) is 0 Å². The summed E-state index contributed by atoms with van der Waals surface area (Å²) in [5, 5.41) is 3.79. The highest BCUT2D eigenvalue weighted by molar-refractivity contribution is 5.87. The minimum Gasteiger partial charge on any atom is -0.313 e. The monoisotopic (exact) mass is 311 g/mol. The summed E-state index contributed by atoms with van der Waals surface area (Å²) >= 11 is 0. The van der Waals surface area contributed by atoms with Gasteiger partial charge in [-0.15, -0.1) is 6.58 Å². The number of nitrogens with zero attached hydrogens (tertiary/aromatic N) is 1. The molecule has 4 rings (SSSR count). The van der Waals surface area contributed by atoms with Gasteiger partial charge in [-0.1, -0.05) is 68.5 Å². The number of rotatable bonds is 3. The largest absolute Gasteiger partial charge is 0.313 e. The first-order chi connectivity index (χ1) is 11.6. The van der Waals surface area contributed by atoms with Crippen molar-refractivity contribution in [3.05, 3.63) is 91.1 Å². The summed E-state index contributed by atoms with van der Waals surface area (Å²) in [5.41, 5.74) is 3.58. The number of hydrogen-bond donors (Lipinski definition) is 0. The predicted molar refractivity (Wildman–Crippen MR) is 104 cm³/mol. The Balaban J connectivity index is 2.06. The third-order valence-electron chi connectivity index (χ3n) is 4.87. The molecule has 0 bridgehead atoms. The quantitative estimate of drug-likeness (QED) is 0.394. The van der Waals surface area contributed by atoms with Gasteiger partial charge in [0.2, 0.25) is 0 Å². The van der Waals surface area contributed by atoms with Crippen LogP contribution in [0.1, 0.15) is 19.5 Å². The second kappa shape index (κ2) is 5.38. The van der Waals surface area contributed by atoms with Gasteiger partial charge < -0.3 is 4.57 Å². The molecule has 0 N–H and O–H groups in total. The average molecular weight is 311 g/mol. The van der Waals surface area contributed by atoms with Crippen molar-refractivity contribution in [2.75, 3.05) is 0 Å². The molecule has 0 spiro atoms. The Hall–Kier alpha value is -2.80. The highest BCUT2D eigenvalue weighted by Crippen LogP contribution is 2.34. The van der Waals surface area contributed by atoms with E-state index >= 15 is 0 Å². The first kappa shape index (κ1) is 14.8. The number of benzene rings is 3. The molecule has 0 saturated carbocycles. The summed E-state index contributed by atoms with van der Waals surface area (Å²) < 4.78 is 2.36. The van der Waals surface area contributed by atoms with Crippen molar-refractivity contribution in [2.45, 2.75) is 19.3 Å². The summed E-state index contributed by atoms with van der Waals surface area (Å²) in [4.78, 5) is 0. The lowest BCUT2D eigenvalue weighted by atomic mass is 9.89. The third kappa shape index (κ3) is 2.25. The van der Waals surface area contributed by atoms with Crippen LogP contribution >= 0.6 is 0 Å². The molecule has 0 atom stereocenters. The molecular weight excluding hydrogens is 290 g/mol. The molecule has 0 radical (unpaired) electrons. The maximum atomic E-state index is 4.05. The summed E-state index contributed by atoms with van der Waals surface area (Å²) in [7, 11) is 0. The van der Waals surface area contributed by atoms with Gasteiger partial charge in [0.25, 0.3) is 0 Å². The van der Waals surface area contributed by atoms with E-state index in [1.165, 1.54) is 33.1 Å². The van der Waals surface area contributed by atoms with Gasteiger partial charge in [-0.05, 0) is 35.0 Å². The summed E-state index contributed by atoms with van der Waals surface area (Å²) in [5.74, 6) is 0. The third-order valence-corrected chi connectivity index (χ3v) is 4.87. The summed E-state index contributed by atoms with van der Waals surface area (Å²) in [6, 6.07) is 26.0. The van der Waals surface area contributed by atoms with Crippen LogP contribution in [0.4, 0.5) is 0 Å². The fraction of sp³-hybridized carbons (Fsp3) is 0.130. The van der Waals surface area contributed by atoms with Crippen molar-refractivity contribution in [3.8, 4) is 5.69 Å². The second-order valence-electron chi connectivity index (χ2n) is 6.88. The number of allylic oxidation sites excluding steroid dienone is 1. The molecule has 0 saturated heterocycles. The van der Waals surface area contributed by atoms with E-state index in [-0.39, 0.29) is 5.41 Å². The van der Waals surface area contributed by atoms with E-state index in [4.69, 9.17) is 0 Å². The van der Waals surface area contributed by atoms with E-state index in [1.54, 1.807) is 0 Å². The van der Waals surface area contributed by atoms with E-state index in [1.807, 2.05) is 6.08 Å². The van der Waals surface area contributed by atoms with Crippen molar-refractivity contribution in [3.63, 3.8) is 0 Å². The Labute approximate surface area is 142 Å². The molecule has 1 aromatic heterocycles. The van der Waals surface area contributed by atoms with Gasteiger partial charge >= 0.3 is 0 Å². The molecule has 0 aliphatic heterocycles. The lowest BCUT2D eigenvalue weighted by Crippen LogP contribution is -2.18. The maximum Gasteiger partial charge on any atom is 0.0531 e. The van der Waals surface area contributed by atoms with E-state index in [2.05, 4.69) is 97.8 Å². The molecular formula is C23H21N. The van der Waals surface area contributed by atoms with Crippen LogP contribution in [-0.4, -0.2) is 4.57 Å². The summed E-state index contributed by atoms with van der Waals surface area (Å²) in [6.45, 7) is 8.48. The first-order valence-electron chi connectivity index (χ1n) is 8.34. The number of fused-ring (bicyclic) bond motifs is 2. The van der Waals surface area contributed by atoms with Gasteiger partial charge in [-0.2, -0.15) is 0 Å². The SMILES string of the molecule is C=CC(C)(C)c1cc2ccccc2n1-c1ccc2ccccc2c1. The van der Waals surface area contributed by atoms with Crippen LogP contribution < -0.4 is 0 Å². The Bertz CT molecular complexity index is 1050. The fourth-order valence-corrected chi connectivity index (χ4v) is 3.33. The van der Waals surface area contributed by atoms with Crippen molar-refractivity contribution < 1.29 is 0 Å². The molecule has 24 heavy (non-hydrogen) atoms. The van der Waals surface area contributed by atoms with E-state index in [0.29, 0.717) is 0 Å². The highest BCUT2D eigenvalue weighted by Gasteiger charge is 2.23. The Kier molecular flexibility index (Phi) is 3.31. The lowest BCUT2D eigenvalue weighted by molar-refractivity contribution is 0.632. The molecule has 0 fully saturated rings. The zero-order chi connectivity index (χ0) is 16.7. The zero-order valence-corrected chi connectivity index (χ0v) is 14.2. The first-order valence-corrected chi connectivity index (χ1v) is 8.34. The maximum absolute atomic E-state index is 4.05. The topological polar surface area (TPSA) is 4.93 Å². The van der Waals surface area contributed by atoms with E-state index < -0.39 is 0 Å². The van der Waals surface area contributed by atoms with Crippen molar-refractivity contribution in [1.82, 2.24) is 4.57 Å². The molecule has 3 aromatic carbocycles. The molecule has 118 valence electrons.